The van der Waals surface area contributed by atoms with Gasteiger partial charge in [0.05, 0.1) is 11.4 Å². The van der Waals surface area contributed by atoms with Gasteiger partial charge in [-0.3, -0.25) is 9.78 Å². The SMILES string of the molecule is Nc1ccc(C2=NN(C(=O)c3ccc(Br)cc3)C(c3ccccn3)C2)cc1. The lowest BCUT2D eigenvalue weighted by Gasteiger charge is -2.21. The number of nitrogen functional groups attached to an aromatic ring is 1. The smallest absolute Gasteiger partial charge is 0.274 e. The van der Waals surface area contributed by atoms with Crippen LogP contribution in [0.5, 0.6) is 0 Å². The van der Waals surface area contributed by atoms with E-state index >= 15 is 0 Å². The maximum Gasteiger partial charge on any atom is 0.274 e. The first kappa shape index (κ1) is 17.4. The highest BCUT2D eigenvalue weighted by molar-refractivity contribution is 9.10. The first-order chi connectivity index (χ1) is 13.1. The van der Waals surface area contributed by atoms with Gasteiger partial charge in [-0.2, -0.15) is 5.10 Å². The lowest BCUT2D eigenvalue weighted by Crippen LogP contribution is -2.27. The standard InChI is InChI=1S/C21H17BrN4O/c22-16-8-4-15(5-9-16)21(27)26-20(18-3-1-2-12-24-18)13-19(25-26)14-6-10-17(23)11-7-14/h1-12,20H,13,23H2. The molecule has 1 atom stereocenters. The highest BCUT2D eigenvalue weighted by Gasteiger charge is 2.34. The fraction of sp³-hybridized carbons (Fsp3) is 0.0952. The third kappa shape index (κ3) is 3.61. The zero-order valence-corrected chi connectivity index (χ0v) is 16.0. The van der Waals surface area contributed by atoms with Gasteiger partial charge in [-0.15, -0.1) is 0 Å². The second-order valence-corrected chi connectivity index (χ2v) is 7.22. The van der Waals surface area contributed by atoms with E-state index < -0.39 is 0 Å². The maximum absolute atomic E-state index is 13.1. The molecule has 1 aliphatic rings. The van der Waals surface area contributed by atoms with Crippen LogP contribution in [0.25, 0.3) is 0 Å². The van der Waals surface area contributed by atoms with E-state index in [-0.39, 0.29) is 11.9 Å². The number of pyridine rings is 1. The number of nitrogens with zero attached hydrogens (tertiary/aromatic N) is 3. The number of anilines is 1. The highest BCUT2D eigenvalue weighted by Crippen LogP contribution is 2.33. The molecule has 0 aliphatic carbocycles. The van der Waals surface area contributed by atoms with Crippen molar-refractivity contribution in [2.75, 3.05) is 5.73 Å². The van der Waals surface area contributed by atoms with Crippen LogP contribution >= 0.6 is 15.9 Å². The molecule has 3 aromatic rings. The van der Waals surface area contributed by atoms with E-state index in [1.54, 1.807) is 18.3 Å². The Morgan fingerprint density at radius 1 is 1.04 bits per heavy atom. The van der Waals surface area contributed by atoms with E-state index in [1.165, 1.54) is 5.01 Å². The zero-order chi connectivity index (χ0) is 18.8. The summed E-state index contributed by atoms with van der Waals surface area (Å²) in [6, 6.07) is 20.3. The summed E-state index contributed by atoms with van der Waals surface area (Å²) < 4.78 is 0.924. The van der Waals surface area contributed by atoms with Crippen molar-refractivity contribution in [1.29, 1.82) is 0 Å². The number of hydrogen-bond acceptors (Lipinski definition) is 4. The Morgan fingerprint density at radius 3 is 2.44 bits per heavy atom. The predicted octanol–water partition coefficient (Wildman–Crippen LogP) is 4.42. The normalized spacial score (nSPS) is 16.3. The first-order valence-corrected chi connectivity index (χ1v) is 9.34. The summed E-state index contributed by atoms with van der Waals surface area (Å²) >= 11 is 3.40. The molecule has 1 aromatic heterocycles. The number of carbonyl (C=O) groups excluding carboxylic acids is 1. The number of aromatic nitrogens is 1. The van der Waals surface area contributed by atoms with Crippen molar-refractivity contribution in [3.8, 4) is 0 Å². The fourth-order valence-corrected chi connectivity index (χ4v) is 3.34. The van der Waals surface area contributed by atoms with Crippen molar-refractivity contribution in [2.45, 2.75) is 12.5 Å². The first-order valence-electron chi connectivity index (χ1n) is 8.55. The number of amides is 1. The van der Waals surface area contributed by atoms with Gasteiger partial charge < -0.3 is 5.73 Å². The van der Waals surface area contributed by atoms with E-state index in [9.17, 15) is 4.79 Å². The van der Waals surface area contributed by atoms with Crippen molar-refractivity contribution in [1.82, 2.24) is 9.99 Å². The van der Waals surface area contributed by atoms with Gasteiger partial charge in [0.2, 0.25) is 0 Å². The van der Waals surface area contributed by atoms with Gasteiger partial charge >= 0.3 is 0 Å². The second-order valence-electron chi connectivity index (χ2n) is 6.30. The number of halogens is 1. The van der Waals surface area contributed by atoms with Crippen molar-refractivity contribution >= 4 is 33.2 Å². The summed E-state index contributed by atoms with van der Waals surface area (Å²) in [6.07, 6.45) is 2.34. The molecule has 2 heterocycles. The van der Waals surface area contributed by atoms with E-state index in [0.29, 0.717) is 17.7 Å². The fourth-order valence-electron chi connectivity index (χ4n) is 3.08. The minimum Gasteiger partial charge on any atom is -0.399 e. The molecule has 1 aliphatic heterocycles. The zero-order valence-electron chi connectivity index (χ0n) is 14.4. The van der Waals surface area contributed by atoms with Gasteiger partial charge in [-0.1, -0.05) is 34.1 Å². The molecule has 0 radical (unpaired) electrons. The van der Waals surface area contributed by atoms with Crippen LogP contribution in [0.3, 0.4) is 0 Å². The lowest BCUT2D eigenvalue weighted by atomic mass is 10.0. The minimum atomic E-state index is -0.241. The van der Waals surface area contributed by atoms with Gasteiger partial charge in [0.1, 0.15) is 6.04 Å². The average Bonchev–Trinajstić information content (AvgIpc) is 3.15. The summed E-state index contributed by atoms with van der Waals surface area (Å²) in [7, 11) is 0. The lowest BCUT2D eigenvalue weighted by molar-refractivity contribution is 0.0708. The molecule has 0 bridgehead atoms. The van der Waals surface area contributed by atoms with E-state index in [1.807, 2.05) is 54.6 Å². The van der Waals surface area contributed by atoms with Crippen LogP contribution in [-0.4, -0.2) is 21.6 Å². The number of carbonyl (C=O) groups is 1. The van der Waals surface area contributed by atoms with Crippen LogP contribution in [-0.2, 0) is 0 Å². The third-order valence-electron chi connectivity index (χ3n) is 4.48. The van der Waals surface area contributed by atoms with Crippen molar-refractivity contribution in [3.63, 3.8) is 0 Å². The van der Waals surface area contributed by atoms with Crippen molar-refractivity contribution in [2.24, 2.45) is 5.10 Å². The summed E-state index contributed by atoms with van der Waals surface area (Å²) in [4.78, 5) is 17.6. The Morgan fingerprint density at radius 2 is 1.78 bits per heavy atom. The summed E-state index contributed by atoms with van der Waals surface area (Å²) in [6.45, 7) is 0. The van der Waals surface area contributed by atoms with Crippen LogP contribution in [0.15, 0.2) is 82.5 Å². The molecule has 6 heteroatoms. The summed E-state index contributed by atoms with van der Waals surface area (Å²) in [5.41, 5.74) is 9.68. The molecule has 5 nitrogen and oxygen atoms in total. The molecule has 0 saturated heterocycles. The Labute approximate surface area is 165 Å². The molecule has 4 rings (SSSR count). The van der Waals surface area contributed by atoms with Crippen LogP contribution in [0.1, 0.15) is 34.1 Å². The largest absolute Gasteiger partial charge is 0.399 e. The molecular weight excluding hydrogens is 404 g/mol. The molecule has 0 spiro atoms. The molecule has 134 valence electrons. The summed E-state index contributed by atoms with van der Waals surface area (Å²) in [5.74, 6) is -0.149. The molecule has 2 N–H and O–H groups in total. The van der Waals surface area contributed by atoms with Gasteiger partial charge in [-0.05, 0) is 54.1 Å². The Balaban J connectivity index is 1.72. The van der Waals surface area contributed by atoms with Crippen LogP contribution < -0.4 is 5.73 Å². The molecule has 1 unspecified atom stereocenters. The quantitative estimate of drug-likeness (QED) is 0.637. The van der Waals surface area contributed by atoms with Crippen LogP contribution in [0.4, 0.5) is 5.69 Å². The Bertz CT molecular complexity index is 985. The van der Waals surface area contributed by atoms with E-state index in [2.05, 4.69) is 26.0 Å². The summed E-state index contributed by atoms with van der Waals surface area (Å²) in [5, 5.41) is 6.19. The van der Waals surface area contributed by atoms with Gasteiger partial charge in [-0.25, -0.2) is 5.01 Å². The topological polar surface area (TPSA) is 71.6 Å². The van der Waals surface area contributed by atoms with E-state index in [4.69, 9.17) is 5.73 Å². The minimum absolute atomic E-state index is 0.149. The number of hydrazone groups is 1. The Kier molecular flexibility index (Phi) is 4.73. The van der Waals surface area contributed by atoms with Crippen LogP contribution in [0.2, 0.25) is 0 Å². The number of nitrogens with two attached hydrogens (primary N) is 1. The van der Waals surface area contributed by atoms with Crippen molar-refractivity contribution < 1.29 is 4.79 Å². The van der Waals surface area contributed by atoms with Gasteiger partial charge in [0.15, 0.2) is 0 Å². The van der Waals surface area contributed by atoms with E-state index in [0.717, 1.165) is 21.4 Å². The van der Waals surface area contributed by atoms with Crippen LogP contribution in [0, 0.1) is 0 Å². The molecule has 0 fully saturated rings. The van der Waals surface area contributed by atoms with Gasteiger partial charge in [0.25, 0.3) is 5.91 Å². The molecule has 27 heavy (non-hydrogen) atoms. The van der Waals surface area contributed by atoms with Gasteiger partial charge in [0, 0.05) is 28.3 Å². The monoisotopic (exact) mass is 420 g/mol. The number of benzene rings is 2. The molecular formula is C21H17BrN4O. The number of hydrogen-bond donors (Lipinski definition) is 1. The predicted molar refractivity (Wildman–Crippen MR) is 109 cm³/mol. The second kappa shape index (κ2) is 7.32. The Hall–Kier alpha value is -2.99. The molecule has 2 aromatic carbocycles. The average molecular weight is 421 g/mol. The molecule has 1 amide bonds. The number of rotatable bonds is 3. The maximum atomic E-state index is 13.1. The molecule has 0 saturated carbocycles. The highest BCUT2D eigenvalue weighted by atomic mass is 79.9. The van der Waals surface area contributed by atoms with Crippen molar-refractivity contribution in [3.05, 3.63) is 94.2 Å². The third-order valence-corrected chi connectivity index (χ3v) is 5.01.